The van der Waals surface area contributed by atoms with Gasteiger partial charge >= 0.3 is 0 Å². The Hall–Kier alpha value is -4.79. The second-order valence-corrected chi connectivity index (χ2v) is 12.0. The number of hydrogen-bond acceptors (Lipinski definition) is 6. The second-order valence-electron chi connectivity index (χ2n) is 12.0. The molecule has 2 saturated heterocycles. The van der Waals surface area contributed by atoms with Crippen LogP contribution in [-0.2, 0) is 24.6 Å². The highest BCUT2D eigenvalue weighted by molar-refractivity contribution is 6.13. The Morgan fingerprint density at radius 1 is 0.907 bits per heavy atom. The molecule has 218 valence electrons. The summed E-state index contributed by atoms with van der Waals surface area (Å²) in [4.78, 5) is 57.0. The Bertz CT molecular complexity index is 1720. The molecule has 2 heterocycles. The SMILES string of the molecule is Cc1ccc(NN2C(=O)[C@@H]3C[C@@H]4C(=CC[C@@H]5C(=O)N(C)C(=O)[C@@H]54)[C@H](c4ccc(O)c(F)c4)[C@]3(c3ccccc3)C2=O)cc1. The molecule has 7 rings (SSSR count). The molecule has 3 aromatic carbocycles. The number of allylic oxidation sites excluding steroid dienone is 2. The van der Waals surface area contributed by atoms with Gasteiger partial charge in [0.15, 0.2) is 11.6 Å². The van der Waals surface area contributed by atoms with E-state index in [1.54, 1.807) is 30.3 Å². The van der Waals surface area contributed by atoms with Gasteiger partial charge in [0.05, 0.1) is 28.9 Å². The van der Waals surface area contributed by atoms with E-state index in [4.69, 9.17) is 0 Å². The van der Waals surface area contributed by atoms with Crippen molar-refractivity contribution in [2.45, 2.75) is 31.1 Å². The van der Waals surface area contributed by atoms with Gasteiger partial charge in [0.1, 0.15) is 0 Å². The van der Waals surface area contributed by atoms with Crippen LogP contribution in [0.25, 0.3) is 0 Å². The van der Waals surface area contributed by atoms with Crippen molar-refractivity contribution in [1.29, 1.82) is 0 Å². The Morgan fingerprint density at radius 2 is 1.63 bits per heavy atom. The zero-order valence-corrected chi connectivity index (χ0v) is 23.7. The lowest BCUT2D eigenvalue weighted by Gasteiger charge is -2.50. The molecule has 0 aromatic heterocycles. The van der Waals surface area contributed by atoms with Gasteiger partial charge in [0.25, 0.3) is 11.8 Å². The Kier molecular flexibility index (Phi) is 6.06. The average molecular weight is 580 g/mol. The number of fused-ring (bicyclic) bond motifs is 4. The van der Waals surface area contributed by atoms with Gasteiger partial charge in [-0.25, -0.2) is 4.39 Å². The number of nitrogens with zero attached hydrogens (tertiary/aromatic N) is 2. The third kappa shape index (κ3) is 3.73. The minimum Gasteiger partial charge on any atom is -0.505 e. The number of amides is 4. The number of hydrogen-bond donors (Lipinski definition) is 2. The lowest BCUT2D eigenvalue weighted by atomic mass is 9.49. The molecule has 1 saturated carbocycles. The first-order valence-electron chi connectivity index (χ1n) is 14.4. The van der Waals surface area contributed by atoms with E-state index in [0.717, 1.165) is 21.0 Å². The molecular formula is C34H30FN3O5. The molecule has 43 heavy (non-hydrogen) atoms. The van der Waals surface area contributed by atoms with Crippen molar-refractivity contribution < 1.29 is 28.7 Å². The molecule has 2 aliphatic carbocycles. The molecule has 3 aromatic rings. The summed E-state index contributed by atoms with van der Waals surface area (Å²) in [5.74, 6) is -6.40. The lowest BCUT2D eigenvalue weighted by molar-refractivity contribution is -0.140. The van der Waals surface area contributed by atoms with Crippen molar-refractivity contribution in [2.24, 2.45) is 23.7 Å². The van der Waals surface area contributed by atoms with Gasteiger partial charge in [-0.15, -0.1) is 0 Å². The van der Waals surface area contributed by atoms with Crippen molar-refractivity contribution in [3.05, 3.63) is 107 Å². The number of aryl methyl sites for hydroxylation is 1. The van der Waals surface area contributed by atoms with Gasteiger partial charge in [-0.05, 0) is 61.1 Å². The maximum atomic E-state index is 15.0. The van der Waals surface area contributed by atoms with E-state index < -0.39 is 58.4 Å². The van der Waals surface area contributed by atoms with Crippen LogP contribution in [0.5, 0.6) is 5.75 Å². The summed E-state index contributed by atoms with van der Waals surface area (Å²) < 4.78 is 15.0. The number of anilines is 1. The third-order valence-corrected chi connectivity index (χ3v) is 9.92. The van der Waals surface area contributed by atoms with Crippen LogP contribution >= 0.6 is 0 Å². The van der Waals surface area contributed by atoms with Gasteiger partial charge in [0.2, 0.25) is 11.8 Å². The maximum Gasteiger partial charge on any atom is 0.260 e. The molecule has 0 spiro atoms. The number of nitrogens with one attached hydrogen (secondary N) is 1. The second kappa shape index (κ2) is 9.62. The standard InChI is InChI=1S/C34H30FN3O5/c1-18-8-11-21(12-9-18)36-38-31(41)25-17-24-22(13-14-23-28(24)32(42)37(2)30(23)40)29(19-10-15-27(39)26(35)16-19)34(25,33(38)43)20-6-4-3-5-7-20/h3-13,15-16,23-25,28-29,36,39H,14,17H2,1-2H3/t23-,24+,25-,28-,29-,34+/m0/s1. The van der Waals surface area contributed by atoms with E-state index in [1.165, 1.54) is 19.2 Å². The molecule has 2 N–H and O–H groups in total. The van der Waals surface area contributed by atoms with Crippen molar-refractivity contribution in [3.63, 3.8) is 0 Å². The predicted octanol–water partition coefficient (Wildman–Crippen LogP) is 4.45. The monoisotopic (exact) mass is 579 g/mol. The lowest BCUT2D eigenvalue weighted by Crippen LogP contribution is -2.53. The highest BCUT2D eigenvalue weighted by atomic mass is 19.1. The van der Waals surface area contributed by atoms with E-state index in [1.807, 2.05) is 43.3 Å². The molecular weight excluding hydrogens is 549 g/mol. The first-order chi connectivity index (χ1) is 20.6. The largest absolute Gasteiger partial charge is 0.505 e. The molecule has 9 heteroatoms. The van der Waals surface area contributed by atoms with Crippen molar-refractivity contribution >= 4 is 29.3 Å². The topological polar surface area (TPSA) is 107 Å². The van der Waals surface area contributed by atoms with Crippen LogP contribution in [0.2, 0.25) is 0 Å². The fourth-order valence-corrected chi connectivity index (χ4v) is 7.98. The highest BCUT2D eigenvalue weighted by Gasteiger charge is 2.70. The summed E-state index contributed by atoms with van der Waals surface area (Å²) in [6.07, 6.45) is 2.38. The number of hydrazine groups is 1. The van der Waals surface area contributed by atoms with E-state index in [9.17, 15) is 24.3 Å². The van der Waals surface area contributed by atoms with Crippen LogP contribution in [0.3, 0.4) is 0 Å². The summed E-state index contributed by atoms with van der Waals surface area (Å²) in [6, 6.07) is 20.4. The van der Waals surface area contributed by atoms with E-state index in [-0.39, 0.29) is 18.2 Å². The average Bonchev–Trinajstić information content (AvgIpc) is 3.36. The van der Waals surface area contributed by atoms with E-state index in [0.29, 0.717) is 23.2 Å². The number of benzene rings is 3. The summed E-state index contributed by atoms with van der Waals surface area (Å²) >= 11 is 0. The minimum atomic E-state index is -1.48. The maximum absolute atomic E-state index is 15.0. The van der Waals surface area contributed by atoms with Crippen LogP contribution in [0.1, 0.15) is 35.4 Å². The zero-order valence-electron chi connectivity index (χ0n) is 23.7. The Balaban J connectivity index is 1.47. The number of likely N-dealkylation sites (tertiary alicyclic amines) is 1. The molecule has 0 unspecified atom stereocenters. The predicted molar refractivity (Wildman–Crippen MR) is 155 cm³/mol. The van der Waals surface area contributed by atoms with Gasteiger partial charge in [-0.3, -0.25) is 29.5 Å². The zero-order chi connectivity index (χ0) is 30.2. The molecule has 8 nitrogen and oxygen atoms in total. The number of carbonyl (C=O) groups excluding carboxylic acids is 4. The van der Waals surface area contributed by atoms with Gasteiger partial charge in [-0.1, -0.05) is 65.7 Å². The van der Waals surface area contributed by atoms with E-state index in [2.05, 4.69) is 5.43 Å². The normalized spacial score (nSPS) is 29.7. The first-order valence-corrected chi connectivity index (χ1v) is 14.4. The summed E-state index contributed by atoms with van der Waals surface area (Å²) in [5, 5.41) is 11.1. The van der Waals surface area contributed by atoms with Crippen LogP contribution in [0, 0.1) is 36.4 Å². The van der Waals surface area contributed by atoms with Gasteiger partial charge in [-0.2, -0.15) is 5.01 Å². The summed E-state index contributed by atoms with van der Waals surface area (Å²) in [7, 11) is 1.48. The van der Waals surface area contributed by atoms with Crippen LogP contribution < -0.4 is 5.43 Å². The summed E-state index contributed by atoms with van der Waals surface area (Å²) in [6.45, 7) is 1.94. The fourth-order valence-electron chi connectivity index (χ4n) is 7.98. The molecule has 6 atom stereocenters. The Labute approximate surface area is 247 Å². The highest BCUT2D eigenvalue weighted by Crippen LogP contribution is 2.64. The fraction of sp³-hybridized carbons (Fsp3) is 0.294. The van der Waals surface area contributed by atoms with Gasteiger partial charge < -0.3 is 5.11 Å². The first kappa shape index (κ1) is 27.1. The number of rotatable bonds is 4. The number of phenols is 1. The number of aromatic hydroxyl groups is 1. The smallest absolute Gasteiger partial charge is 0.260 e. The number of imide groups is 2. The molecule has 4 amide bonds. The van der Waals surface area contributed by atoms with E-state index >= 15 is 4.39 Å². The van der Waals surface area contributed by atoms with Gasteiger partial charge in [0, 0.05) is 13.0 Å². The van der Waals surface area contributed by atoms with Crippen LogP contribution in [0.15, 0.2) is 84.4 Å². The number of phenolic OH excluding ortho intramolecular Hbond substituents is 1. The van der Waals surface area contributed by atoms with Crippen molar-refractivity contribution in [2.75, 3.05) is 12.5 Å². The Morgan fingerprint density at radius 3 is 2.33 bits per heavy atom. The quantitative estimate of drug-likeness (QED) is 0.349. The molecule has 4 aliphatic rings. The molecule has 0 bridgehead atoms. The molecule has 0 radical (unpaired) electrons. The molecule has 2 aliphatic heterocycles. The van der Waals surface area contributed by atoms with Crippen LogP contribution in [0.4, 0.5) is 10.1 Å². The number of carbonyl (C=O) groups is 4. The van der Waals surface area contributed by atoms with Crippen molar-refractivity contribution in [3.8, 4) is 5.75 Å². The third-order valence-electron chi connectivity index (χ3n) is 9.92. The number of halogens is 1. The molecule has 3 fully saturated rings. The minimum absolute atomic E-state index is 0.169. The van der Waals surface area contributed by atoms with Crippen LogP contribution in [-0.4, -0.2) is 45.7 Å². The summed E-state index contributed by atoms with van der Waals surface area (Å²) in [5.41, 5.74) is 4.86. The van der Waals surface area contributed by atoms with Crippen molar-refractivity contribution in [1.82, 2.24) is 9.91 Å².